The Balaban J connectivity index is 1.66. The summed E-state index contributed by atoms with van der Waals surface area (Å²) in [5, 5.41) is 9.94. The molecular formula is C15H18N3S+. The van der Waals surface area contributed by atoms with Crippen molar-refractivity contribution in [2.24, 2.45) is 0 Å². The molecule has 0 saturated carbocycles. The molecule has 98 valence electrons. The first kappa shape index (κ1) is 12.6. The van der Waals surface area contributed by atoms with Crippen LogP contribution in [0.3, 0.4) is 0 Å². The Labute approximate surface area is 117 Å². The Morgan fingerprint density at radius 1 is 1.32 bits per heavy atom. The second-order valence-electron chi connectivity index (χ2n) is 5.20. The number of rotatable bonds is 3. The maximum Gasteiger partial charge on any atom is 0.0974 e. The standard InChI is InChI=1S/C15H17N3S/c16-8-3-9-18-10-6-12(7-11-18)15-17-13-4-1-2-5-14(13)19-15/h1-2,4-5,12H,3,6-7,9-11H2/p+1. The summed E-state index contributed by atoms with van der Waals surface area (Å²) >= 11 is 1.85. The molecule has 0 bridgehead atoms. The number of likely N-dealkylation sites (tertiary alicyclic amines) is 1. The van der Waals surface area contributed by atoms with E-state index in [1.54, 1.807) is 4.90 Å². The number of hydrogen-bond acceptors (Lipinski definition) is 3. The minimum absolute atomic E-state index is 0.628. The summed E-state index contributed by atoms with van der Waals surface area (Å²) in [7, 11) is 0. The lowest BCUT2D eigenvalue weighted by Gasteiger charge is -2.27. The van der Waals surface area contributed by atoms with Gasteiger partial charge in [0.05, 0.1) is 47.3 Å². The lowest BCUT2D eigenvalue weighted by molar-refractivity contribution is -0.904. The van der Waals surface area contributed by atoms with Crippen molar-refractivity contribution in [3.8, 4) is 6.07 Å². The molecule has 0 spiro atoms. The summed E-state index contributed by atoms with van der Waals surface area (Å²) in [5.74, 6) is 0.628. The van der Waals surface area contributed by atoms with Gasteiger partial charge in [-0.15, -0.1) is 11.3 Å². The molecular weight excluding hydrogens is 254 g/mol. The number of aromatic nitrogens is 1. The molecule has 0 atom stereocenters. The van der Waals surface area contributed by atoms with E-state index in [9.17, 15) is 0 Å². The van der Waals surface area contributed by atoms with Crippen molar-refractivity contribution < 1.29 is 4.90 Å². The van der Waals surface area contributed by atoms with Crippen LogP contribution in [0.1, 0.15) is 30.2 Å². The molecule has 0 aliphatic carbocycles. The van der Waals surface area contributed by atoms with Gasteiger partial charge in [0, 0.05) is 18.8 Å². The van der Waals surface area contributed by atoms with Crippen LogP contribution in [-0.2, 0) is 0 Å². The number of nitrogens with one attached hydrogen (secondary N) is 1. The summed E-state index contributed by atoms with van der Waals surface area (Å²) in [6, 6.07) is 10.6. The summed E-state index contributed by atoms with van der Waals surface area (Å²) in [4.78, 5) is 6.36. The third-order valence-corrected chi connectivity index (χ3v) is 5.14. The van der Waals surface area contributed by atoms with Crippen LogP contribution in [-0.4, -0.2) is 24.6 Å². The maximum atomic E-state index is 8.64. The van der Waals surface area contributed by atoms with Crippen LogP contribution < -0.4 is 4.90 Å². The third kappa shape index (κ3) is 2.78. The Hall–Kier alpha value is -1.44. The summed E-state index contributed by atoms with van der Waals surface area (Å²) in [6.45, 7) is 3.37. The van der Waals surface area contributed by atoms with Gasteiger partial charge in [0.25, 0.3) is 0 Å². The smallest absolute Gasteiger partial charge is 0.0974 e. The highest BCUT2D eigenvalue weighted by atomic mass is 32.1. The topological polar surface area (TPSA) is 41.1 Å². The summed E-state index contributed by atoms with van der Waals surface area (Å²) < 4.78 is 1.30. The Kier molecular flexibility index (Phi) is 3.77. The van der Waals surface area contributed by atoms with Gasteiger partial charge in [0.15, 0.2) is 0 Å². The first-order valence-corrected chi connectivity index (χ1v) is 7.74. The molecule has 1 aromatic heterocycles. The molecule has 1 N–H and O–H groups in total. The van der Waals surface area contributed by atoms with Crippen LogP contribution in [0.2, 0.25) is 0 Å². The fraction of sp³-hybridized carbons (Fsp3) is 0.467. The molecule has 1 aliphatic heterocycles. The lowest BCUT2D eigenvalue weighted by atomic mass is 9.97. The van der Waals surface area contributed by atoms with Gasteiger partial charge in [-0.25, -0.2) is 4.98 Å². The molecule has 2 heterocycles. The van der Waals surface area contributed by atoms with E-state index in [-0.39, 0.29) is 0 Å². The molecule has 2 aromatic rings. The molecule has 0 unspecified atom stereocenters. The molecule has 4 heteroatoms. The molecule has 1 fully saturated rings. The highest BCUT2D eigenvalue weighted by Crippen LogP contribution is 2.31. The SMILES string of the molecule is N#CCC[NH+]1CCC(c2nc3ccccc3s2)CC1. The van der Waals surface area contributed by atoms with Gasteiger partial charge >= 0.3 is 0 Å². The van der Waals surface area contributed by atoms with E-state index < -0.39 is 0 Å². The number of hydrogen-bond donors (Lipinski definition) is 1. The molecule has 1 aliphatic rings. The number of nitriles is 1. The third-order valence-electron chi connectivity index (χ3n) is 3.94. The van der Waals surface area contributed by atoms with Crippen molar-refractivity contribution in [2.45, 2.75) is 25.2 Å². The van der Waals surface area contributed by atoms with Crippen LogP contribution in [0.25, 0.3) is 10.2 Å². The van der Waals surface area contributed by atoms with Gasteiger partial charge in [-0.2, -0.15) is 5.26 Å². The first-order chi connectivity index (χ1) is 9.36. The zero-order chi connectivity index (χ0) is 13.1. The van der Waals surface area contributed by atoms with Gasteiger partial charge < -0.3 is 4.90 Å². The fourth-order valence-electron chi connectivity index (χ4n) is 2.82. The van der Waals surface area contributed by atoms with E-state index in [0.717, 1.165) is 12.1 Å². The van der Waals surface area contributed by atoms with E-state index in [2.05, 4.69) is 30.3 Å². The second kappa shape index (κ2) is 5.68. The minimum Gasteiger partial charge on any atom is -0.334 e. The van der Waals surface area contributed by atoms with E-state index in [4.69, 9.17) is 10.2 Å². The van der Waals surface area contributed by atoms with Crippen LogP contribution in [0.4, 0.5) is 0 Å². The normalized spacial score (nSPS) is 23.3. The van der Waals surface area contributed by atoms with E-state index in [0.29, 0.717) is 12.3 Å². The van der Waals surface area contributed by atoms with Crippen molar-refractivity contribution in [1.82, 2.24) is 4.98 Å². The summed E-state index contributed by atoms with van der Waals surface area (Å²) in [5.41, 5.74) is 1.14. The Morgan fingerprint density at radius 3 is 2.84 bits per heavy atom. The Bertz CT molecular complexity index is 558. The van der Waals surface area contributed by atoms with Crippen molar-refractivity contribution in [2.75, 3.05) is 19.6 Å². The van der Waals surface area contributed by atoms with Crippen LogP contribution >= 0.6 is 11.3 Å². The number of piperidine rings is 1. The quantitative estimate of drug-likeness (QED) is 0.928. The van der Waals surface area contributed by atoms with Crippen LogP contribution in [0.15, 0.2) is 24.3 Å². The number of para-hydroxylation sites is 1. The first-order valence-electron chi connectivity index (χ1n) is 6.93. The number of thiazole rings is 1. The number of benzene rings is 1. The molecule has 1 saturated heterocycles. The molecule has 3 nitrogen and oxygen atoms in total. The maximum absolute atomic E-state index is 8.64. The lowest BCUT2D eigenvalue weighted by Crippen LogP contribution is -3.13. The highest BCUT2D eigenvalue weighted by Gasteiger charge is 2.25. The van der Waals surface area contributed by atoms with Gasteiger partial charge in [-0.05, 0) is 12.1 Å². The molecule has 1 aromatic carbocycles. The van der Waals surface area contributed by atoms with Gasteiger partial charge in [-0.3, -0.25) is 0 Å². The monoisotopic (exact) mass is 272 g/mol. The summed E-state index contributed by atoms with van der Waals surface area (Å²) in [6.07, 6.45) is 3.10. The van der Waals surface area contributed by atoms with Gasteiger partial charge in [-0.1, -0.05) is 12.1 Å². The van der Waals surface area contributed by atoms with E-state index >= 15 is 0 Å². The minimum atomic E-state index is 0.628. The number of quaternary nitrogens is 1. The van der Waals surface area contributed by atoms with Crippen molar-refractivity contribution >= 4 is 21.6 Å². The molecule has 0 amide bonds. The molecule has 19 heavy (non-hydrogen) atoms. The molecule has 0 radical (unpaired) electrons. The van der Waals surface area contributed by atoms with E-state index in [1.165, 1.54) is 35.6 Å². The average molecular weight is 272 g/mol. The van der Waals surface area contributed by atoms with Crippen LogP contribution in [0.5, 0.6) is 0 Å². The van der Waals surface area contributed by atoms with Crippen molar-refractivity contribution in [3.63, 3.8) is 0 Å². The predicted molar refractivity (Wildman–Crippen MR) is 77.4 cm³/mol. The largest absolute Gasteiger partial charge is 0.334 e. The molecule has 3 rings (SSSR count). The van der Waals surface area contributed by atoms with Crippen molar-refractivity contribution in [1.29, 1.82) is 5.26 Å². The van der Waals surface area contributed by atoms with Crippen molar-refractivity contribution in [3.05, 3.63) is 29.3 Å². The average Bonchev–Trinajstić information content (AvgIpc) is 2.89. The zero-order valence-electron chi connectivity index (χ0n) is 10.9. The van der Waals surface area contributed by atoms with E-state index in [1.807, 2.05) is 11.3 Å². The second-order valence-corrected chi connectivity index (χ2v) is 6.26. The Morgan fingerprint density at radius 2 is 2.11 bits per heavy atom. The van der Waals surface area contributed by atoms with Gasteiger partial charge in [0.1, 0.15) is 0 Å². The predicted octanol–water partition coefficient (Wildman–Crippen LogP) is 1.97. The van der Waals surface area contributed by atoms with Gasteiger partial charge in [0.2, 0.25) is 0 Å². The highest BCUT2D eigenvalue weighted by molar-refractivity contribution is 7.18. The zero-order valence-corrected chi connectivity index (χ0v) is 11.7. The van der Waals surface area contributed by atoms with Crippen LogP contribution in [0, 0.1) is 11.3 Å². The number of nitrogens with zero attached hydrogens (tertiary/aromatic N) is 2. The number of fused-ring (bicyclic) bond motifs is 1. The fourth-order valence-corrected chi connectivity index (χ4v) is 3.96.